The summed E-state index contributed by atoms with van der Waals surface area (Å²) >= 11 is 6.15. The first-order valence-electron chi connectivity index (χ1n) is 6.81. The summed E-state index contributed by atoms with van der Waals surface area (Å²) in [6.45, 7) is 0.363. The average Bonchev–Trinajstić information content (AvgIpc) is 3.09. The first-order valence-corrected chi connectivity index (χ1v) is 7.19. The summed E-state index contributed by atoms with van der Waals surface area (Å²) in [5.74, 6) is 1.02. The summed E-state index contributed by atoms with van der Waals surface area (Å²) in [5, 5.41) is 3.54. The molecule has 1 amide bonds. The van der Waals surface area contributed by atoms with Crippen molar-refractivity contribution in [2.75, 3.05) is 12.4 Å². The smallest absolute Gasteiger partial charge is 0.228 e. The predicted molar refractivity (Wildman–Crippen MR) is 80.4 cm³/mol. The number of methoxy groups -OCH3 is 1. The van der Waals surface area contributed by atoms with Crippen LogP contribution in [0.25, 0.3) is 0 Å². The van der Waals surface area contributed by atoms with E-state index in [9.17, 15) is 4.79 Å². The third-order valence-electron chi connectivity index (χ3n) is 3.70. The number of benzene rings is 1. The second kappa shape index (κ2) is 5.92. The predicted octanol–water partition coefficient (Wildman–Crippen LogP) is 3.82. The lowest BCUT2D eigenvalue weighted by atomic mass is 10.1. The van der Waals surface area contributed by atoms with Crippen LogP contribution in [0, 0.1) is 5.92 Å². The molecule has 0 saturated heterocycles. The molecule has 1 saturated carbocycles. The van der Waals surface area contributed by atoms with E-state index in [1.807, 2.05) is 24.3 Å². The number of amides is 1. The van der Waals surface area contributed by atoms with Crippen LogP contribution >= 0.6 is 11.6 Å². The Bertz CT molecular complexity index is 639. The summed E-state index contributed by atoms with van der Waals surface area (Å²) in [4.78, 5) is 12.3. The van der Waals surface area contributed by atoms with Gasteiger partial charge in [-0.3, -0.25) is 4.79 Å². The van der Waals surface area contributed by atoms with Gasteiger partial charge in [-0.05, 0) is 30.7 Å². The Morgan fingerprint density at radius 2 is 2.29 bits per heavy atom. The van der Waals surface area contributed by atoms with Gasteiger partial charge in [0.2, 0.25) is 5.91 Å². The molecule has 1 N–H and O–H groups in total. The van der Waals surface area contributed by atoms with Crippen LogP contribution in [0.2, 0.25) is 5.02 Å². The van der Waals surface area contributed by atoms with Crippen LogP contribution in [0.4, 0.5) is 5.69 Å². The van der Waals surface area contributed by atoms with Crippen LogP contribution in [-0.2, 0) is 16.1 Å². The van der Waals surface area contributed by atoms with E-state index in [-0.39, 0.29) is 17.7 Å². The number of ether oxygens (including phenoxy) is 1. The molecule has 0 bridgehead atoms. The van der Waals surface area contributed by atoms with Crippen molar-refractivity contribution in [1.29, 1.82) is 0 Å². The van der Waals surface area contributed by atoms with Crippen molar-refractivity contribution in [3.05, 3.63) is 52.9 Å². The van der Waals surface area contributed by atoms with Crippen LogP contribution in [0.3, 0.4) is 0 Å². The molecule has 1 aliphatic rings. The van der Waals surface area contributed by atoms with E-state index in [0.29, 0.717) is 17.3 Å². The summed E-state index contributed by atoms with van der Waals surface area (Å²) in [6.07, 6.45) is 2.45. The van der Waals surface area contributed by atoms with Gasteiger partial charge in [-0.15, -0.1) is 0 Å². The lowest BCUT2D eigenvalue weighted by Crippen LogP contribution is -2.16. The van der Waals surface area contributed by atoms with Crippen LogP contribution in [0.5, 0.6) is 0 Å². The van der Waals surface area contributed by atoms with E-state index in [0.717, 1.165) is 17.7 Å². The maximum absolute atomic E-state index is 12.3. The Balaban J connectivity index is 1.70. The van der Waals surface area contributed by atoms with Crippen molar-refractivity contribution >= 4 is 23.2 Å². The van der Waals surface area contributed by atoms with E-state index in [1.54, 1.807) is 19.4 Å². The number of nitrogens with one attached hydrogen (secondary N) is 1. The Kier molecular flexibility index (Phi) is 3.99. The van der Waals surface area contributed by atoms with Crippen LogP contribution < -0.4 is 5.32 Å². The van der Waals surface area contributed by atoms with Crippen molar-refractivity contribution in [2.45, 2.75) is 18.9 Å². The first kappa shape index (κ1) is 14.2. The van der Waals surface area contributed by atoms with Gasteiger partial charge in [0.05, 0.1) is 12.9 Å². The Morgan fingerprint density at radius 3 is 3.00 bits per heavy atom. The van der Waals surface area contributed by atoms with Crippen molar-refractivity contribution in [1.82, 2.24) is 0 Å². The van der Waals surface area contributed by atoms with Gasteiger partial charge in [-0.2, -0.15) is 0 Å². The zero-order valence-electron chi connectivity index (χ0n) is 11.6. The van der Waals surface area contributed by atoms with Crippen molar-refractivity contribution in [2.24, 2.45) is 5.92 Å². The summed E-state index contributed by atoms with van der Waals surface area (Å²) in [7, 11) is 1.60. The number of hydrogen-bond donors (Lipinski definition) is 1. The molecule has 2 aromatic rings. The van der Waals surface area contributed by atoms with E-state index in [4.69, 9.17) is 20.8 Å². The Hall–Kier alpha value is -1.78. The van der Waals surface area contributed by atoms with Crippen LogP contribution in [0.15, 0.2) is 41.0 Å². The molecule has 1 aromatic heterocycles. The Morgan fingerprint density at radius 1 is 1.43 bits per heavy atom. The zero-order chi connectivity index (χ0) is 14.8. The highest BCUT2D eigenvalue weighted by Gasteiger charge is 2.45. The third-order valence-corrected chi connectivity index (χ3v) is 4.06. The molecular formula is C16H16ClNO3. The standard InChI is InChI=1S/C16H16ClNO3/c1-20-9-12-13(17)4-2-5-14(12)18-16(19)11-8-10(11)15-6-3-7-21-15/h2-7,10-11H,8-9H2,1H3,(H,18,19)/t10-,11-/m0/s1. The molecule has 1 aliphatic carbocycles. The number of carbonyl (C=O) groups excluding carboxylic acids is 1. The fourth-order valence-electron chi connectivity index (χ4n) is 2.49. The normalized spacial score (nSPS) is 20.3. The number of hydrogen-bond acceptors (Lipinski definition) is 3. The quantitative estimate of drug-likeness (QED) is 0.913. The second-order valence-corrected chi connectivity index (χ2v) is 5.56. The molecule has 0 spiro atoms. The lowest BCUT2D eigenvalue weighted by Gasteiger charge is -2.12. The monoisotopic (exact) mass is 305 g/mol. The van der Waals surface area contributed by atoms with Gasteiger partial charge < -0.3 is 14.5 Å². The minimum absolute atomic E-state index is 0.00369. The minimum Gasteiger partial charge on any atom is -0.469 e. The van der Waals surface area contributed by atoms with E-state index < -0.39 is 0 Å². The number of furan rings is 1. The SMILES string of the molecule is COCc1c(Cl)cccc1NC(=O)[C@H]1C[C@@H]1c1ccco1. The molecule has 0 aliphatic heterocycles. The lowest BCUT2D eigenvalue weighted by molar-refractivity contribution is -0.117. The maximum atomic E-state index is 12.3. The summed E-state index contributed by atoms with van der Waals surface area (Å²) in [5.41, 5.74) is 1.50. The van der Waals surface area contributed by atoms with Gasteiger partial charge in [0.25, 0.3) is 0 Å². The highest BCUT2D eigenvalue weighted by Crippen LogP contribution is 2.48. The maximum Gasteiger partial charge on any atom is 0.228 e. The largest absolute Gasteiger partial charge is 0.469 e. The van der Waals surface area contributed by atoms with Gasteiger partial charge in [-0.25, -0.2) is 0 Å². The van der Waals surface area contributed by atoms with Crippen molar-refractivity contribution in [3.8, 4) is 0 Å². The van der Waals surface area contributed by atoms with Crippen LogP contribution in [0.1, 0.15) is 23.7 Å². The third kappa shape index (κ3) is 2.96. The molecule has 5 heteroatoms. The highest BCUT2D eigenvalue weighted by molar-refractivity contribution is 6.31. The first-order chi connectivity index (χ1) is 10.2. The van der Waals surface area contributed by atoms with Gasteiger partial charge >= 0.3 is 0 Å². The molecule has 110 valence electrons. The average molecular weight is 306 g/mol. The van der Waals surface area contributed by atoms with E-state index in [2.05, 4.69) is 5.32 Å². The molecule has 3 rings (SSSR count). The Labute approximate surface area is 128 Å². The topological polar surface area (TPSA) is 51.5 Å². The molecule has 1 aromatic carbocycles. The fraction of sp³-hybridized carbons (Fsp3) is 0.312. The number of carbonyl (C=O) groups is 1. The molecule has 0 unspecified atom stereocenters. The summed E-state index contributed by atoms with van der Waals surface area (Å²) < 4.78 is 10.5. The fourth-order valence-corrected chi connectivity index (χ4v) is 2.72. The molecule has 4 nitrogen and oxygen atoms in total. The molecule has 1 heterocycles. The van der Waals surface area contributed by atoms with E-state index >= 15 is 0 Å². The molecule has 2 atom stereocenters. The van der Waals surface area contributed by atoms with Crippen LogP contribution in [-0.4, -0.2) is 13.0 Å². The summed E-state index contributed by atoms with van der Waals surface area (Å²) in [6, 6.07) is 9.19. The van der Waals surface area contributed by atoms with Crippen molar-refractivity contribution < 1.29 is 13.9 Å². The molecule has 1 fully saturated rings. The minimum atomic E-state index is -0.0365. The molecular weight excluding hydrogens is 290 g/mol. The number of rotatable bonds is 5. The van der Waals surface area contributed by atoms with Gasteiger partial charge in [-0.1, -0.05) is 17.7 Å². The van der Waals surface area contributed by atoms with Crippen molar-refractivity contribution in [3.63, 3.8) is 0 Å². The van der Waals surface area contributed by atoms with Gasteiger partial charge in [0.1, 0.15) is 5.76 Å². The molecule has 21 heavy (non-hydrogen) atoms. The van der Waals surface area contributed by atoms with E-state index in [1.165, 1.54) is 0 Å². The number of anilines is 1. The molecule has 0 radical (unpaired) electrons. The number of halogens is 1. The zero-order valence-corrected chi connectivity index (χ0v) is 12.4. The second-order valence-electron chi connectivity index (χ2n) is 5.15. The van der Waals surface area contributed by atoms with Gasteiger partial charge in [0.15, 0.2) is 0 Å². The van der Waals surface area contributed by atoms with Gasteiger partial charge in [0, 0.05) is 35.2 Å². The highest BCUT2D eigenvalue weighted by atomic mass is 35.5.